The van der Waals surface area contributed by atoms with E-state index < -0.39 is 29.9 Å². The summed E-state index contributed by atoms with van der Waals surface area (Å²) in [6.45, 7) is 5.18. The number of carbonyl (C=O) groups is 3. The molecule has 3 N–H and O–H groups in total. The predicted molar refractivity (Wildman–Crippen MR) is 126 cm³/mol. The molecule has 0 aliphatic heterocycles. The summed E-state index contributed by atoms with van der Waals surface area (Å²) in [4.78, 5) is 38.4. The number of hydrogen-bond donors (Lipinski definition) is 2. The minimum Gasteiger partial charge on any atom is -0.466 e. The van der Waals surface area contributed by atoms with Crippen molar-refractivity contribution in [2.45, 2.75) is 45.2 Å². The van der Waals surface area contributed by atoms with Crippen molar-refractivity contribution >= 4 is 46.7 Å². The normalized spacial score (nSPS) is 12.5. The lowest BCUT2D eigenvalue weighted by molar-refractivity contribution is -0.148. The average molecular weight is 490 g/mol. The molecule has 10 heteroatoms. The minimum atomic E-state index is -0.946. The lowest BCUT2D eigenvalue weighted by Gasteiger charge is -2.23. The van der Waals surface area contributed by atoms with Crippen molar-refractivity contribution in [3.63, 3.8) is 0 Å². The zero-order valence-corrected chi connectivity index (χ0v) is 20.2. The molecule has 0 saturated carbocycles. The minimum absolute atomic E-state index is 0.0229. The number of hydrogen-bond acceptors (Lipinski definition) is 7. The van der Waals surface area contributed by atoms with Crippen molar-refractivity contribution in [1.82, 2.24) is 5.32 Å². The lowest BCUT2D eigenvalue weighted by atomic mass is 10.0. The molecule has 0 spiro atoms. The van der Waals surface area contributed by atoms with E-state index in [2.05, 4.69) is 10.2 Å². The first-order valence-corrected chi connectivity index (χ1v) is 11.8. The van der Waals surface area contributed by atoms with E-state index in [9.17, 15) is 14.4 Å². The summed E-state index contributed by atoms with van der Waals surface area (Å²) in [5.74, 6) is -0.541. The molecule has 2 atom stereocenters. The first kappa shape index (κ1) is 28.0. The van der Waals surface area contributed by atoms with Crippen LogP contribution in [-0.2, 0) is 30.3 Å². The maximum atomic E-state index is 12.5. The van der Waals surface area contributed by atoms with Gasteiger partial charge in [-0.15, -0.1) is 23.2 Å². The number of amides is 1. The van der Waals surface area contributed by atoms with Crippen molar-refractivity contribution in [2.75, 3.05) is 43.0 Å². The number of esters is 2. The summed E-state index contributed by atoms with van der Waals surface area (Å²) in [5.41, 5.74) is 7.69. The van der Waals surface area contributed by atoms with Crippen molar-refractivity contribution in [1.29, 1.82) is 0 Å². The van der Waals surface area contributed by atoms with Crippen LogP contribution in [0.5, 0.6) is 0 Å². The molecule has 32 heavy (non-hydrogen) atoms. The molecule has 0 saturated heterocycles. The Bertz CT molecular complexity index is 712. The Kier molecular flexibility index (Phi) is 13.8. The quantitative estimate of drug-likeness (QED) is 0.287. The number of nitrogens with two attached hydrogens (primary N) is 1. The van der Waals surface area contributed by atoms with Gasteiger partial charge in [0.2, 0.25) is 5.91 Å². The fourth-order valence-electron chi connectivity index (χ4n) is 3.01. The maximum absolute atomic E-state index is 12.5. The fraction of sp³-hybridized carbons (Fsp3) is 0.591. The monoisotopic (exact) mass is 489 g/mol. The van der Waals surface area contributed by atoms with Gasteiger partial charge in [-0.25, -0.2) is 4.79 Å². The van der Waals surface area contributed by atoms with E-state index in [1.807, 2.05) is 24.3 Å². The standard InChI is InChI=1S/C22H33Cl2N3O5/c1-3-31-20(28)10-9-18(25)21(29)26-19(22(30)32-4-2)15-16-5-7-17(8-6-16)27(13-11-23)14-12-24/h5-8,18-19H,3-4,9-15,25H2,1-2H3,(H,26,29)/t18-,19-/m0/s1. The Morgan fingerprint density at radius 3 is 2.16 bits per heavy atom. The Morgan fingerprint density at radius 1 is 1.03 bits per heavy atom. The van der Waals surface area contributed by atoms with Crippen LogP contribution in [0.25, 0.3) is 0 Å². The topological polar surface area (TPSA) is 111 Å². The molecule has 0 aromatic heterocycles. The molecule has 0 unspecified atom stereocenters. The van der Waals surface area contributed by atoms with Crippen LogP contribution in [0.2, 0.25) is 0 Å². The second-order valence-electron chi connectivity index (χ2n) is 7.00. The Balaban J connectivity index is 2.81. The Labute approximate surface area is 199 Å². The number of nitrogens with zero attached hydrogens (tertiary/aromatic N) is 1. The second-order valence-corrected chi connectivity index (χ2v) is 7.75. The van der Waals surface area contributed by atoms with Gasteiger partial charge in [-0.05, 0) is 38.0 Å². The number of carbonyl (C=O) groups excluding carboxylic acids is 3. The lowest BCUT2D eigenvalue weighted by Crippen LogP contribution is -2.50. The van der Waals surface area contributed by atoms with Crippen LogP contribution in [-0.4, -0.2) is 68.0 Å². The number of anilines is 1. The number of alkyl halides is 2. The smallest absolute Gasteiger partial charge is 0.328 e. The molecule has 0 fully saturated rings. The van der Waals surface area contributed by atoms with Crippen LogP contribution in [0.15, 0.2) is 24.3 Å². The van der Waals surface area contributed by atoms with E-state index in [1.54, 1.807) is 13.8 Å². The van der Waals surface area contributed by atoms with Gasteiger partial charge in [-0.2, -0.15) is 0 Å². The van der Waals surface area contributed by atoms with Crippen LogP contribution >= 0.6 is 23.2 Å². The van der Waals surface area contributed by atoms with Gasteiger partial charge < -0.3 is 25.4 Å². The van der Waals surface area contributed by atoms with Crippen LogP contribution < -0.4 is 16.0 Å². The molecule has 0 aliphatic rings. The number of ether oxygens (including phenoxy) is 2. The number of nitrogens with one attached hydrogen (secondary N) is 1. The van der Waals surface area contributed by atoms with Crippen LogP contribution in [0, 0.1) is 0 Å². The summed E-state index contributed by atoms with van der Waals surface area (Å²) in [6.07, 6.45) is 0.376. The molecule has 1 aromatic rings. The van der Waals surface area contributed by atoms with Gasteiger partial charge in [0, 0.05) is 43.4 Å². The highest BCUT2D eigenvalue weighted by molar-refractivity contribution is 6.18. The van der Waals surface area contributed by atoms with E-state index in [4.69, 9.17) is 38.4 Å². The maximum Gasteiger partial charge on any atom is 0.328 e. The molecular weight excluding hydrogens is 457 g/mol. The van der Waals surface area contributed by atoms with Crippen LogP contribution in [0.3, 0.4) is 0 Å². The highest BCUT2D eigenvalue weighted by Gasteiger charge is 2.25. The van der Waals surface area contributed by atoms with Gasteiger partial charge in [-0.3, -0.25) is 9.59 Å². The van der Waals surface area contributed by atoms with E-state index in [1.165, 1.54) is 0 Å². The second kappa shape index (κ2) is 15.7. The van der Waals surface area contributed by atoms with Crippen molar-refractivity contribution in [2.24, 2.45) is 5.73 Å². The van der Waals surface area contributed by atoms with E-state index >= 15 is 0 Å². The molecule has 0 aliphatic carbocycles. The highest BCUT2D eigenvalue weighted by atomic mass is 35.5. The van der Waals surface area contributed by atoms with Crippen molar-refractivity contribution < 1.29 is 23.9 Å². The summed E-state index contributed by atoms with van der Waals surface area (Å²) < 4.78 is 9.95. The Morgan fingerprint density at radius 2 is 1.62 bits per heavy atom. The zero-order chi connectivity index (χ0) is 23.9. The zero-order valence-electron chi connectivity index (χ0n) is 18.6. The molecule has 0 heterocycles. The third-order valence-electron chi connectivity index (χ3n) is 4.64. The van der Waals surface area contributed by atoms with Crippen LogP contribution in [0.1, 0.15) is 32.3 Å². The van der Waals surface area contributed by atoms with Crippen molar-refractivity contribution in [3.05, 3.63) is 29.8 Å². The van der Waals surface area contributed by atoms with Gasteiger partial charge in [-0.1, -0.05) is 12.1 Å². The van der Waals surface area contributed by atoms with Crippen LogP contribution in [0.4, 0.5) is 5.69 Å². The third-order valence-corrected chi connectivity index (χ3v) is 4.98. The average Bonchev–Trinajstić information content (AvgIpc) is 2.77. The highest BCUT2D eigenvalue weighted by Crippen LogP contribution is 2.17. The first-order valence-electron chi connectivity index (χ1n) is 10.7. The molecular formula is C22H33Cl2N3O5. The summed E-state index contributed by atoms with van der Waals surface area (Å²) >= 11 is 11.7. The van der Waals surface area contributed by atoms with Gasteiger partial charge >= 0.3 is 11.9 Å². The molecule has 1 amide bonds. The molecule has 0 radical (unpaired) electrons. The van der Waals surface area contributed by atoms with Gasteiger partial charge in [0.25, 0.3) is 0 Å². The third kappa shape index (κ3) is 10.1. The first-order chi connectivity index (χ1) is 15.4. The van der Waals surface area contributed by atoms with E-state index in [0.29, 0.717) is 24.8 Å². The Hall–Kier alpha value is -2.03. The predicted octanol–water partition coefficient (Wildman–Crippen LogP) is 2.23. The number of rotatable bonds is 15. The number of halogens is 2. The SMILES string of the molecule is CCOC(=O)CC[C@H](N)C(=O)N[C@@H](Cc1ccc(N(CCCl)CCCl)cc1)C(=O)OCC. The van der Waals surface area contributed by atoms with Gasteiger partial charge in [0.15, 0.2) is 0 Å². The molecule has 1 rings (SSSR count). The summed E-state index contributed by atoms with van der Waals surface area (Å²) in [5, 5.41) is 2.65. The van der Waals surface area contributed by atoms with E-state index in [-0.39, 0.29) is 32.5 Å². The van der Waals surface area contributed by atoms with Gasteiger partial charge in [0.1, 0.15) is 6.04 Å². The molecule has 1 aromatic carbocycles. The van der Waals surface area contributed by atoms with Crippen molar-refractivity contribution in [3.8, 4) is 0 Å². The molecule has 180 valence electrons. The molecule has 8 nitrogen and oxygen atoms in total. The number of benzene rings is 1. The largest absolute Gasteiger partial charge is 0.466 e. The fourth-order valence-corrected chi connectivity index (χ4v) is 3.41. The summed E-state index contributed by atoms with van der Waals surface area (Å²) in [6, 6.07) is 5.75. The van der Waals surface area contributed by atoms with Gasteiger partial charge in [0.05, 0.1) is 19.3 Å². The summed E-state index contributed by atoms with van der Waals surface area (Å²) in [7, 11) is 0. The van der Waals surface area contributed by atoms with E-state index in [0.717, 1.165) is 11.3 Å². The molecule has 0 bridgehead atoms.